The molecule has 2 fully saturated rings. The number of benzene rings is 2. The van der Waals surface area contributed by atoms with E-state index in [0.29, 0.717) is 24.5 Å². The Bertz CT molecular complexity index is 929. The van der Waals surface area contributed by atoms with E-state index in [1.807, 2.05) is 48.5 Å². The molecule has 2 unspecified atom stereocenters. The number of nitrogens with one attached hydrogen (secondary N) is 1. The van der Waals surface area contributed by atoms with Crippen LogP contribution in [0.3, 0.4) is 0 Å². The summed E-state index contributed by atoms with van der Waals surface area (Å²) in [6.07, 6.45) is 0.947. The molecule has 8 heteroatoms. The fourth-order valence-electron chi connectivity index (χ4n) is 3.26. The molecule has 29 heavy (non-hydrogen) atoms. The molecular formula is C21H20N2O5S. The number of rotatable bonds is 6. The Labute approximate surface area is 172 Å². The Morgan fingerprint density at radius 3 is 2.07 bits per heavy atom. The van der Waals surface area contributed by atoms with E-state index < -0.39 is 0 Å². The van der Waals surface area contributed by atoms with E-state index in [4.69, 9.17) is 9.47 Å². The van der Waals surface area contributed by atoms with Gasteiger partial charge in [0.2, 0.25) is 5.91 Å². The Kier molecular flexibility index (Phi) is 5.44. The first kappa shape index (κ1) is 19.3. The molecule has 2 aromatic carbocycles. The third-order valence-corrected chi connectivity index (χ3v) is 5.96. The maximum absolute atomic E-state index is 11.7. The Morgan fingerprint density at radius 2 is 1.59 bits per heavy atom. The Hall–Kier alpha value is -3.00. The van der Waals surface area contributed by atoms with Crippen molar-refractivity contribution in [1.29, 1.82) is 0 Å². The van der Waals surface area contributed by atoms with Gasteiger partial charge in [0.25, 0.3) is 5.24 Å². The number of likely N-dealkylation sites (N-methyl/N-ethyl adjacent to an activating group) is 1. The van der Waals surface area contributed by atoms with Gasteiger partial charge in [-0.15, -0.1) is 0 Å². The van der Waals surface area contributed by atoms with Crippen LogP contribution in [0.15, 0.2) is 48.5 Å². The predicted molar refractivity (Wildman–Crippen MR) is 108 cm³/mol. The van der Waals surface area contributed by atoms with E-state index in [9.17, 15) is 14.4 Å². The molecule has 2 aliphatic rings. The van der Waals surface area contributed by atoms with Crippen LogP contribution in [0.4, 0.5) is 9.59 Å². The summed E-state index contributed by atoms with van der Waals surface area (Å²) in [5.41, 5.74) is 2.07. The quantitative estimate of drug-likeness (QED) is 0.783. The molecular weight excluding hydrogens is 392 g/mol. The normalized spacial score (nSPS) is 21.3. The van der Waals surface area contributed by atoms with E-state index >= 15 is 0 Å². The van der Waals surface area contributed by atoms with E-state index in [2.05, 4.69) is 5.32 Å². The topological polar surface area (TPSA) is 84.9 Å². The number of carbonyl (C=O) groups is 3. The lowest BCUT2D eigenvalue weighted by molar-refractivity contribution is -0.118. The molecule has 2 aliphatic heterocycles. The predicted octanol–water partition coefficient (Wildman–Crippen LogP) is 3.37. The van der Waals surface area contributed by atoms with Crippen LogP contribution in [0.2, 0.25) is 0 Å². The summed E-state index contributed by atoms with van der Waals surface area (Å²) in [6, 6.07) is 15.3. The van der Waals surface area contributed by atoms with Crippen LogP contribution in [0.1, 0.15) is 11.1 Å². The minimum absolute atomic E-state index is 0.0530. The minimum atomic E-state index is -0.374. The van der Waals surface area contributed by atoms with Gasteiger partial charge in [-0.2, -0.15) is 0 Å². The highest BCUT2D eigenvalue weighted by molar-refractivity contribution is 8.15. The molecule has 2 heterocycles. The number of nitrogens with zero attached hydrogens (tertiary/aromatic N) is 1. The number of amides is 3. The van der Waals surface area contributed by atoms with Crippen molar-refractivity contribution in [3.8, 4) is 11.5 Å². The van der Waals surface area contributed by atoms with Gasteiger partial charge in [0, 0.05) is 7.05 Å². The molecule has 0 radical (unpaired) electrons. The fraction of sp³-hybridized carbons (Fsp3) is 0.286. The molecule has 0 bridgehead atoms. The zero-order valence-electron chi connectivity index (χ0n) is 15.8. The first-order valence-electron chi connectivity index (χ1n) is 9.25. The van der Waals surface area contributed by atoms with Crippen LogP contribution in [-0.4, -0.2) is 47.1 Å². The monoisotopic (exact) mass is 412 g/mol. The number of carbonyl (C=O) groups excluding carboxylic acids is 3. The molecule has 0 saturated carbocycles. The molecule has 150 valence electrons. The summed E-state index contributed by atoms with van der Waals surface area (Å²) in [7, 11) is 1.75. The lowest BCUT2D eigenvalue weighted by Crippen LogP contribution is -2.30. The first-order chi connectivity index (χ1) is 14.0. The van der Waals surface area contributed by atoms with Gasteiger partial charge in [0.15, 0.2) is 0 Å². The van der Waals surface area contributed by atoms with Crippen LogP contribution in [0.25, 0.3) is 0 Å². The van der Waals surface area contributed by atoms with Crippen molar-refractivity contribution >= 4 is 29.0 Å². The summed E-state index contributed by atoms with van der Waals surface area (Å²) in [5, 5.41) is 1.63. The van der Waals surface area contributed by atoms with Crippen molar-refractivity contribution in [2.75, 3.05) is 13.7 Å². The third-order valence-electron chi connectivity index (χ3n) is 4.98. The van der Waals surface area contributed by atoms with Gasteiger partial charge >= 0.3 is 6.09 Å². The van der Waals surface area contributed by atoms with E-state index in [1.165, 1.54) is 0 Å². The molecule has 1 N–H and O–H groups in total. The molecule has 7 nitrogen and oxygen atoms in total. The average molecular weight is 412 g/mol. The van der Waals surface area contributed by atoms with Crippen LogP contribution >= 0.6 is 11.8 Å². The SMILES string of the molecule is CN1C(=O)OCC1Cc1ccc(Oc2ccc(CC3SC(=O)NC3=O)cc2)cc1. The molecule has 0 aromatic heterocycles. The van der Waals surface area contributed by atoms with Gasteiger partial charge in [-0.1, -0.05) is 36.0 Å². The molecule has 3 amide bonds. The van der Waals surface area contributed by atoms with Crippen molar-refractivity contribution < 1.29 is 23.9 Å². The lowest BCUT2D eigenvalue weighted by Gasteiger charge is -2.16. The highest BCUT2D eigenvalue weighted by Gasteiger charge is 2.31. The van der Waals surface area contributed by atoms with E-state index in [-0.39, 0.29) is 28.5 Å². The van der Waals surface area contributed by atoms with Crippen molar-refractivity contribution in [3.05, 3.63) is 59.7 Å². The highest BCUT2D eigenvalue weighted by Crippen LogP contribution is 2.26. The second-order valence-electron chi connectivity index (χ2n) is 7.02. The van der Waals surface area contributed by atoms with Crippen molar-refractivity contribution in [3.63, 3.8) is 0 Å². The molecule has 2 saturated heterocycles. The maximum Gasteiger partial charge on any atom is 0.409 e. The number of thioether (sulfide) groups is 1. The number of hydrogen-bond acceptors (Lipinski definition) is 6. The molecule has 2 aromatic rings. The van der Waals surface area contributed by atoms with Gasteiger partial charge in [-0.25, -0.2) is 4.79 Å². The Balaban J connectivity index is 1.32. The van der Waals surface area contributed by atoms with Gasteiger partial charge in [0.1, 0.15) is 18.1 Å². The lowest BCUT2D eigenvalue weighted by atomic mass is 10.1. The van der Waals surface area contributed by atoms with E-state index in [1.54, 1.807) is 11.9 Å². The van der Waals surface area contributed by atoms with Gasteiger partial charge < -0.3 is 14.4 Å². The number of cyclic esters (lactones) is 1. The van der Waals surface area contributed by atoms with Crippen LogP contribution in [-0.2, 0) is 22.4 Å². The third kappa shape index (κ3) is 4.54. The maximum atomic E-state index is 11.7. The molecule has 2 atom stereocenters. The number of ether oxygens (including phenoxy) is 2. The van der Waals surface area contributed by atoms with Crippen LogP contribution < -0.4 is 10.1 Å². The molecule has 0 spiro atoms. The largest absolute Gasteiger partial charge is 0.457 e. The first-order valence-corrected chi connectivity index (χ1v) is 10.1. The van der Waals surface area contributed by atoms with Crippen LogP contribution in [0, 0.1) is 0 Å². The summed E-state index contributed by atoms with van der Waals surface area (Å²) >= 11 is 1.03. The molecule has 0 aliphatic carbocycles. The summed E-state index contributed by atoms with van der Waals surface area (Å²) < 4.78 is 10.9. The zero-order valence-corrected chi connectivity index (χ0v) is 16.6. The van der Waals surface area contributed by atoms with Gasteiger partial charge in [0.05, 0.1) is 11.3 Å². The number of hydrogen-bond donors (Lipinski definition) is 1. The Morgan fingerprint density at radius 1 is 1.00 bits per heavy atom. The highest BCUT2D eigenvalue weighted by atomic mass is 32.2. The van der Waals surface area contributed by atoms with E-state index in [0.717, 1.165) is 29.3 Å². The summed E-state index contributed by atoms with van der Waals surface area (Å²) in [5.74, 6) is 1.17. The second kappa shape index (κ2) is 8.16. The van der Waals surface area contributed by atoms with Crippen molar-refractivity contribution in [2.24, 2.45) is 0 Å². The smallest absolute Gasteiger partial charge is 0.409 e. The van der Waals surface area contributed by atoms with Crippen LogP contribution in [0.5, 0.6) is 11.5 Å². The van der Waals surface area contributed by atoms with Crippen molar-refractivity contribution in [1.82, 2.24) is 10.2 Å². The summed E-state index contributed by atoms with van der Waals surface area (Å²) in [4.78, 5) is 36.0. The second-order valence-corrected chi connectivity index (χ2v) is 8.20. The zero-order chi connectivity index (χ0) is 20.4. The molecule has 4 rings (SSSR count). The summed E-state index contributed by atoms with van der Waals surface area (Å²) in [6.45, 7) is 0.412. The number of imide groups is 1. The average Bonchev–Trinajstić information content (AvgIpc) is 3.19. The fourth-order valence-corrected chi connectivity index (χ4v) is 4.12. The van der Waals surface area contributed by atoms with Gasteiger partial charge in [-0.05, 0) is 48.2 Å². The van der Waals surface area contributed by atoms with Gasteiger partial charge in [-0.3, -0.25) is 14.9 Å². The van der Waals surface area contributed by atoms with Crippen molar-refractivity contribution in [2.45, 2.75) is 24.1 Å². The minimum Gasteiger partial charge on any atom is -0.457 e. The standard InChI is InChI=1S/C21H20N2O5S/c1-23-15(12-27-21(23)26)10-13-2-6-16(7-3-13)28-17-8-4-14(5-9-17)11-18-19(24)22-20(25)29-18/h2-9,15,18H,10-12H2,1H3,(H,22,24,25).